The van der Waals surface area contributed by atoms with Crippen molar-refractivity contribution >= 4 is 5.91 Å². The highest BCUT2D eigenvalue weighted by Gasteiger charge is 2.37. The Labute approximate surface area is 80.6 Å². The number of carbonyl (C=O) groups excluding carboxylic acids is 1. The van der Waals surface area contributed by atoms with E-state index >= 15 is 0 Å². The lowest BCUT2D eigenvalue weighted by molar-refractivity contribution is -0.135. The molecular formula is C9H11NO4. The fraction of sp³-hybridized carbons (Fsp3) is 0.444. The third-order valence-electron chi connectivity index (χ3n) is 2.27. The number of likely N-dealkylation sites (tertiary alicyclic amines) is 1. The molecule has 1 amide bonds. The molecule has 2 heterocycles. The van der Waals surface area contributed by atoms with Gasteiger partial charge in [0, 0.05) is 0 Å². The van der Waals surface area contributed by atoms with Gasteiger partial charge in [0.25, 0.3) is 0 Å². The number of aliphatic hydroxyl groups excluding tert-OH is 2. The van der Waals surface area contributed by atoms with Gasteiger partial charge in [-0.25, -0.2) is 0 Å². The van der Waals surface area contributed by atoms with E-state index in [2.05, 4.69) is 0 Å². The Morgan fingerprint density at radius 3 is 2.86 bits per heavy atom. The number of furan rings is 1. The lowest BCUT2D eigenvalue weighted by atomic mass is 10.3. The summed E-state index contributed by atoms with van der Waals surface area (Å²) in [5, 5.41) is 18.7. The molecule has 0 radical (unpaired) electrons. The van der Waals surface area contributed by atoms with E-state index in [9.17, 15) is 15.0 Å². The molecule has 1 saturated heterocycles. The second-order valence-electron chi connectivity index (χ2n) is 3.29. The summed E-state index contributed by atoms with van der Waals surface area (Å²) in [4.78, 5) is 12.5. The Balaban J connectivity index is 2.08. The van der Waals surface area contributed by atoms with Gasteiger partial charge in [0.15, 0.2) is 6.23 Å². The largest absolute Gasteiger partial charge is 0.467 e. The Morgan fingerprint density at radius 1 is 1.57 bits per heavy atom. The van der Waals surface area contributed by atoms with Crippen LogP contribution in [0.4, 0.5) is 0 Å². The molecule has 76 valence electrons. The average Bonchev–Trinajstić information content (AvgIpc) is 2.71. The molecule has 2 atom stereocenters. The van der Waals surface area contributed by atoms with Crippen molar-refractivity contribution in [2.75, 3.05) is 0 Å². The van der Waals surface area contributed by atoms with E-state index < -0.39 is 12.3 Å². The van der Waals surface area contributed by atoms with E-state index in [1.54, 1.807) is 12.1 Å². The van der Waals surface area contributed by atoms with Gasteiger partial charge in [0.05, 0.1) is 19.2 Å². The summed E-state index contributed by atoms with van der Waals surface area (Å²) >= 11 is 0. The van der Waals surface area contributed by atoms with Crippen LogP contribution in [0.25, 0.3) is 0 Å². The fourth-order valence-electron chi connectivity index (χ4n) is 1.51. The maximum absolute atomic E-state index is 11.3. The van der Waals surface area contributed by atoms with Crippen LogP contribution in [0.15, 0.2) is 22.8 Å². The summed E-state index contributed by atoms with van der Waals surface area (Å²) in [5.74, 6) is 0.327. The zero-order valence-electron chi connectivity index (χ0n) is 7.46. The minimum atomic E-state index is -1.12. The molecule has 1 aromatic heterocycles. The van der Waals surface area contributed by atoms with E-state index in [0.29, 0.717) is 5.76 Å². The number of hydrogen-bond donors (Lipinski definition) is 2. The summed E-state index contributed by atoms with van der Waals surface area (Å²) < 4.78 is 5.04. The summed E-state index contributed by atoms with van der Waals surface area (Å²) in [5.41, 5.74) is 0. The quantitative estimate of drug-likeness (QED) is 0.682. The highest BCUT2D eigenvalue weighted by molar-refractivity contribution is 5.79. The number of rotatable bonds is 2. The van der Waals surface area contributed by atoms with Crippen molar-refractivity contribution in [3.8, 4) is 0 Å². The first-order chi connectivity index (χ1) is 6.68. The van der Waals surface area contributed by atoms with Gasteiger partial charge in [-0.15, -0.1) is 0 Å². The predicted molar refractivity (Wildman–Crippen MR) is 45.9 cm³/mol. The number of aliphatic hydroxyl groups is 2. The molecule has 0 spiro atoms. The topological polar surface area (TPSA) is 73.9 Å². The summed E-state index contributed by atoms with van der Waals surface area (Å²) in [7, 11) is 0. The van der Waals surface area contributed by atoms with Crippen molar-refractivity contribution in [1.82, 2.24) is 4.90 Å². The van der Waals surface area contributed by atoms with Crippen LogP contribution >= 0.6 is 0 Å². The van der Waals surface area contributed by atoms with Crippen LogP contribution in [0.3, 0.4) is 0 Å². The molecule has 2 N–H and O–H groups in total. The molecule has 1 aliphatic heterocycles. The molecule has 14 heavy (non-hydrogen) atoms. The van der Waals surface area contributed by atoms with Gasteiger partial charge in [-0.3, -0.25) is 4.79 Å². The Morgan fingerprint density at radius 2 is 2.36 bits per heavy atom. The summed E-state index contributed by atoms with van der Waals surface area (Å²) in [6, 6.07) is 3.42. The number of amides is 1. The van der Waals surface area contributed by atoms with E-state index in [-0.39, 0.29) is 18.9 Å². The summed E-state index contributed by atoms with van der Waals surface area (Å²) in [6.45, 7) is 0.198. The number of carbonyl (C=O) groups is 1. The second kappa shape index (κ2) is 3.43. The molecule has 0 bridgehead atoms. The van der Waals surface area contributed by atoms with E-state index in [1.165, 1.54) is 11.2 Å². The fourth-order valence-corrected chi connectivity index (χ4v) is 1.51. The zero-order valence-corrected chi connectivity index (χ0v) is 7.46. The minimum absolute atomic E-state index is 0.0259. The standard InChI is InChI=1S/C9H11NO4/c11-7-4-8(12)10(9(7)13)5-6-2-1-3-14-6/h1-3,7,9,11,13H,4-5H2/t7-,9+/m0/s1. The van der Waals surface area contributed by atoms with E-state index in [0.717, 1.165) is 0 Å². The predicted octanol–water partition coefficient (Wildman–Crippen LogP) is -0.309. The van der Waals surface area contributed by atoms with Crippen molar-refractivity contribution in [2.45, 2.75) is 25.3 Å². The SMILES string of the molecule is O=C1C[C@H](O)[C@@H](O)N1Cc1ccco1. The molecule has 0 aromatic carbocycles. The van der Waals surface area contributed by atoms with Crippen LogP contribution in [0.5, 0.6) is 0 Å². The van der Waals surface area contributed by atoms with Crippen LogP contribution in [0, 0.1) is 0 Å². The minimum Gasteiger partial charge on any atom is -0.467 e. The molecule has 5 nitrogen and oxygen atoms in total. The molecule has 0 aliphatic carbocycles. The second-order valence-corrected chi connectivity index (χ2v) is 3.29. The zero-order chi connectivity index (χ0) is 10.1. The van der Waals surface area contributed by atoms with Crippen molar-refractivity contribution in [2.24, 2.45) is 0 Å². The average molecular weight is 197 g/mol. The smallest absolute Gasteiger partial charge is 0.227 e. The normalized spacial score (nSPS) is 27.3. The monoisotopic (exact) mass is 197 g/mol. The van der Waals surface area contributed by atoms with Crippen molar-refractivity contribution in [1.29, 1.82) is 0 Å². The molecule has 5 heteroatoms. The van der Waals surface area contributed by atoms with Crippen LogP contribution < -0.4 is 0 Å². The van der Waals surface area contributed by atoms with Crippen molar-refractivity contribution in [3.05, 3.63) is 24.2 Å². The highest BCUT2D eigenvalue weighted by atomic mass is 16.4. The maximum atomic E-state index is 11.3. The molecule has 1 fully saturated rings. The molecule has 2 rings (SSSR count). The molecule has 0 unspecified atom stereocenters. The lowest BCUT2D eigenvalue weighted by Gasteiger charge is -2.19. The number of nitrogens with zero attached hydrogens (tertiary/aromatic N) is 1. The van der Waals surface area contributed by atoms with Gasteiger partial charge in [0.1, 0.15) is 11.9 Å². The van der Waals surface area contributed by atoms with Gasteiger partial charge in [-0.05, 0) is 12.1 Å². The van der Waals surface area contributed by atoms with Crippen LogP contribution in [-0.4, -0.2) is 33.4 Å². The first-order valence-electron chi connectivity index (χ1n) is 4.36. The molecular weight excluding hydrogens is 186 g/mol. The number of hydrogen-bond acceptors (Lipinski definition) is 4. The van der Waals surface area contributed by atoms with E-state index in [1.807, 2.05) is 0 Å². The van der Waals surface area contributed by atoms with Crippen LogP contribution in [0.2, 0.25) is 0 Å². The van der Waals surface area contributed by atoms with E-state index in [4.69, 9.17) is 4.42 Å². The van der Waals surface area contributed by atoms with Gasteiger partial charge in [-0.2, -0.15) is 0 Å². The van der Waals surface area contributed by atoms with Crippen molar-refractivity contribution < 1.29 is 19.4 Å². The lowest BCUT2D eigenvalue weighted by Crippen LogP contribution is -2.36. The molecule has 1 aliphatic rings. The third kappa shape index (κ3) is 1.51. The molecule has 0 saturated carbocycles. The van der Waals surface area contributed by atoms with Gasteiger partial charge < -0.3 is 19.5 Å². The van der Waals surface area contributed by atoms with Gasteiger partial charge >= 0.3 is 0 Å². The highest BCUT2D eigenvalue weighted by Crippen LogP contribution is 2.20. The summed E-state index contributed by atoms with van der Waals surface area (Å²) in [6.07, 6.45) is -0.634. The maximum Gasteiger partial charge on any atom is 0.227 e. The van der Waals surface area contributed by atoms with Gasteiger partial charge in [0.2, 0.25) is 5.91 Å². The first-order valence-corrected chi connectivity index (χ1v) is 4.36. The van der Waals surface area contributed by atoms with Crippen molar-refractivity contribution in [3.63, 3.8) is 0 Å². The van der Waals surface area contributed by atoms with Crippen LogP contribution in [0.1, 0.15) is 12.2 Å². The Bertz CT molecular complexity index is 322. The van der Waals surface area contributed by atoms with Gasteiger partial charge in [-0.1, -0.05) is 0 Å². The third-order valence-corrected chi connectivity index (χ3v) is 2.27. The Hall–Kier alpha value is -1.33. The van der Waals surface area contributed by atoms with Crippen LogP contribution in [-0.2, 0) is 11.3 Å². The first kappa shape index (κ1) is 9.23. The molecule has 1 aromatic rings. The Kier molecular flexibility index (Phi) is 2.26.